The molecule has 0 spiro atoms. The zero-order valence-electron chi connectivity index (χ0n) is 14.2. The second-order valence-electron chi connectivity index (χ2n) is 7.74. The third kappa shape index (κ3) is 11.1. The zero-order valence-corrected chi connectivity index (χ0v) is 15.0. The van der Waals surface area contributed by atoms with Gasteiger partial charge in [-0.1, -0.05) is 11.8 Å². The highest BCUT2D eigenvalue weighted by Crippen LogP contribution is 2.39. The van der Waals surface area contributed by atoms with Gasteiger partial charge in [-0.2, -0.15) is 20.5 Å². The molecule has 0 aliphatic heterocycles. The Morgan fingerprint density at radius 3 is 0.947 bits per heavy atom. The number of thioether (sulfide) groups is 1. The van der Waals surface area contributed by atoms with Crippen LogP contribution in [0.25, 0.3) is 0 Å². The van der Waals surface area contributed by atoms with Crippen LogP contribution in [0.2, 0.25) is 0 Å². The van der Waals surface area contributed by atoms with E-state index in [-0.39, 0.29) is 20.8 Å². The van der Waals surface area contributed by atoms with Gasteiger partial charge < -0.3 is 0 Å². The van der Waals surface area contributed by atoms with Gasteiger partial charge in [0.2, 0.25) is 0 Å². The van der Waals surface area contributed by atoms with Crippen LogP contribution in [0.3, 0.4) is 0 Å². The highest BCUT2D eigenvalue weighted by molar-refractivity contribution is 8.01. The van der Waals surface area contributed by atoms with Crippen LogP contribution in [-0.2, 0) is 0 Å². The molecule has 0 N–H and O–H groups in total. The summed E-state index contributed by atoms with van der Waals surface area (Å²) in [5.41, 5.74) is -0.288. The van der Waals surface area contributed by atoms with E-state index in [1.54, 1.807) is 11.8 Å². The summed E-state index contributed by atoms with van der Waals surface area (Å²) in [6.07, 6.45) is 0. The molecule has 0 rings (SSSR count). The summed E-state index contributed by atoms with van der Waals surface area (Å²) in [4.78, 5) is -0.624. The lowest BCUT2D eigenvalue weighted by Crippen LogP contribution is -2.24. The molecule has 0 aromatic heterocycles. The number of nitrogens with zero attached hydrogens (tertiary/aromatic N) is 4. The molecule has 0 aliphatic rings. The SMILES string of the molecule is CC(C)(C)/N=N/C(C)(C)SC(C)(C)/N=N/C(C)(C)C. The van der Waals surface area contributed by atoms with Gasteiger partial charge in [0.1, 0.15) is 9.74 Å². The molecule has 4 nitrogen and oxygen atoms in total. The highest BCUT2D eigenvalue weighted by atomic mass is 32.2. The lowest BCUT2D eigenvalue weighted by molar-refractivity contribution is 0.500. The van der Waals surface area contributed by atoms with Crippen LogP contribution in [0.15, 0.2) is 20.5 Å². The normalized spacial score (nSPS) is 15.7. The predicted octanol–water partition coefficient (Wildman–Crippen LogP) is 5.69. The molecule has 0 saturated carbocycles. The Labute approximate surface area is 123 Å². The third-order valence-corrected chi connectivity index (χ3v) is 2.84. The molecule has 0 aromatic rings. The smallest absolute Gasteiger partial charge is 0.123 e. The summed E-state index contributed by atoms with van der Waals surface area (Å²) in [6, 6.07) is 0. The van der Waals surface area contributed by atoms with Crippen molar-refractivity contribution >= 4 is 11.8 Å². The van der Waals surface area contributed by atoms with E-state index in [0.29, 0.717) is 0 Å². The molecule has 0 fully saturated rings. The summed E-state index contributed by atoms with van der Waals surface area (Å²) >= 11 is 1.66. The van der Waals surface area contributed by atoms with Crippen LogP contribution in [0.5, 0.6) is 0 Å². The average Bonchev–Trinajstić information content (AvgIpc) is 2.09. The van der Waals surface area contributed by atoms with E-state index in [1.165, 1.54) is 0 Å². The Kier molecular flexibility index (Phi) is 5.76. The van der Waals surface area contributed by atoms with Gasteiger partial charge in [0, 0.05) is 0 Å². The maximum atomic E-state index is 4.44. The Hall–Kier alpha value is -0.450. The Balaban J connectivity index is 4.82. The van der Waals surface area contributed by atoms with Crippen LogP contribution < -0.4 is 0 Å². The van der Waals surface area contributed by atoms with Crippen LogP contribution in [0.4, 0.5) is 0 Å². The largest absolute Gasteiger partial charge is 0.187 e. The minimum Gasteiger partial charge on any atom is -0.187 e. The molecule has 0 unspecified atom stereocenters. The molecule has 19 heavy (non-hydrogen) atoms. The summed E-state index contributed by atoms with van der Waals surface area (Å²) < 4.78 is 0. The fraction of sp³-hybridized carbons (Fsp3) is 1.00. The fourth-order valence-corrected chi connectivity index (χ4v) is 2.58. The molecule has 0 aromatic carbocycles. The molecule has 0 radical (unpaired) electrons. The molecular weight excluding hydrogens is 256 g/mol. The fourth-order valence-electron chi connectivity index (χ4n) is 1.19. The third-order valence-electron chi connectivity index (χ3n) is 1.68. The van der Waals surface area contributed by atoms with E-state index in [1.807, 2.05) is 41.5 Å². The Bertz CT molecular complexity index is 309. The number of hydrogen-bond acceptors (Lipinski definition) is 5. The minimum atomic E-state index is -0.312. The summed E-state index contributed by atoms with van der Waals surface area (Å²) in [5.74, 6) is 0. The van der Waals surface area contributed by atoms with Gasteiger partial charge in [-0.15, -0.1) is 0 Å². The molecule has 0 saturated heterocycles. The van der Waals surface area contributed by atoms with Crippen molar-refractivity contribution in [2.45, 2.75) is 90.1 Å². The lowest BCUT2D eigenvalue weighted by Gasteiger charge is -2.28. The Morgan fingerprint density at radius 1 is 0.474 bits per heavy atom. The molecule has 0 aliphatic carbocycles. The van der Waals surface area contributed by atoms with Gasteiger partial charge in [-0.25, -0.2) is 0 Å². The second-order valence-corrected chi connectivity index (χ2v) is 9.94. The average molecular weight is 286 g/mol. The van der Waals surface area contributed by atoms with Gasteiger partial charge in [-0.05, 0) is 69.2 Å². The van der Waals surface area contributed by atoms with Crippen molar-refractivity contribution in [1.82, 2.24) is 0 Å². The van der Waals surface area contributed by atoms with E-state index in [2.05, 4.69) is 48.2 Å². The van der Waals surface area contributed by atoms with Crippen molar-refractivity contribution in [2.24, 2.45) is 20.5 Å². The molecule has 0 bridgehead atoms. The number of rotatable bonds is 4. The van der Waals surface area contributed by atoms with E-state index in [9.17, 15) is 0 Å². The molecule has 0 heterocycles. The van der Waals surface area contributed by atoms with Gasteiger partial charge in [0.15, 0.2) is 0 Å². The molecule has 0 atom stereocenters. The maximum Gasteiger partial charge on any atom is 0.123 e. The van der Waals surface area contributed by atoms with E-state index in [0.717, 1.165) is 0 Å². The maximum absolute atomic E-state index is 4.44. The standard InChI is InChI=1S/C14H30N4S/c1-11(2,3)15-17-13(7,8)19-14(9,10)18-16-12(4,5)6/h1-10H3/b17-15+,18-16+. The van der Waals surface area contributed by atoms with Crippen LogP contribution in [0, 0.1) is 0 Å². The van der Waals surface area contributed by atoms with Gasteiger partial charge >= 0.3 is 0 Å². The van der Waals surface area contributed by atoms with Crippen molar-refractivity contribution in [3.63, 3.8) is 0 Å². The second kappa shape index (κ2) is 5.90. The first-order valence-electron chi connectivity index (χ1n) is 6.70. The van der Waals surface area contributed by atoms with Crippen LogP contribution in [0.1, 0.15) is 69.2 Å². The van der Waals surface area contributed by atoms with Gasteiger partial charge in [0.05, 0.1) is 11.1 Å². The quantitative estimate of drug-likeness (QED) is 0.612. The summed E-state index contributed by atoms with van der Waals surface area (Å²) in [5, 5.41) is 17.6. The summed E-state index contributed by atoms with van der Waals surface area (Å²) in [7, 11) is 0. The zero-order chi connectivity index (χ0) is 15.5. The van der Waals surface area contributed by atoms with E-state index >= 15 is 0 Å². The number of azo groups is 2. The van der Waals surface area contributed by atoms with Crippen molar-refractivity contribution in [2.75, 3.05) is 0 Å². The van der Waals surface area contributed by atoms with Gasteiger partial charge in [0.25, 0.3) is 0 Å². The topological polar surface area (TPSA) is 49.4 Å². The molecule has 5 heteroatoms. The van der Waals surface area contributed by atoms with Crippen molar-refractivity contribution < 1.29 is 0 Å². The molecule has 0 amide bonds. The predicted molar refractivity (Wildman–Crippen MR) is 85.0 cm³/mol. The first-order chi connectivity index (χ1) is 8.12. The first kappa shape index (κ1) is 18.6. The highest BCUT2D eigenvalue weighted by Gasteiger charge is 2.30. The monoisotopic (exact) mass is 286 g/mol. The lowest BCUT2D eigenvalue weighted by atomic mass is 10.1. The van der Waals surface area contributed by atoms with Crippen LogP contribution >= 0.6 is 11.8 Å². The van der Waals surface area contributed by atoms with Crippen molar-refractivity contribution in [3.05, 3.63) is 0 Å². The number of hydrogen-bond donors (Lipinski definition) is 0. The first-order valence-corrected chi connectivity index (χ1v) is 7.52. The van der Waals surface area contributed by atoms with Gasteiger partial charge in [-0.3, -0.25) is 0 Å². The van der Waals surface area contributed by atoms with Crippen molar-refractivity contribution in [3.8, 4) is 0 Å². The molecular formula is C14H30N4S. The Morgan fingerprint density at radius 2 is 0.737 bits per heavy atom. The van der Waals surface area contributed by atoms with E-state index < -0.39 is 0 Å². The van der Waals surface area contributed by atoms with E-state index in [4.69, 9.17) is 0 Å². The summed E-state index contributed by atoms with van der Waals surface area (Å²) in [6.45, 7) is 20.5. The molecule has 112 valence electrons. The van der Waals surface area contributed by atoms with Crippen LogP contribution in [-0.4, -0.2) is 20.8 Å². The van der Waals surface area contributed by atoms with Crippen molar-refractivity contribution in [1.29, 1.82) is 0 Å². The minimum absolute atomic E-state index is 0.144.